The standard InChI is InChI=1S/C14H29NS/c1-5-11(4)16-14-10-12(6-2)8-9-13(14)15-7-3/h11-15H,5-10H2,1-4H3. The topological polar surface area (TPSA) is 12.0 Å². The summed E-state index contributed by atoms with van der Waals surface area (Å²) < 4.78 is 0. The second-order valence-electron chi connectivity index (χ2n) is 5.14. The van der Waals surface area contributed by atoms with Gasteiger partial charge in [0.25, 0.3) is 0 Å². The molecule has 0 bridgehead atoms. The molecule has 1 rings (SSSR count). The van der Waals surface area contributed by atoms with E-state index in [0.717, 1.165) is 29.0 Å². The first-order valence-electron chi connectivity index (χ1n) is 7.10. The second kappa shape index (κ2) is 7.60. The Morgan fingerprint density at radius 2 is 2.00 bits per heavy atom. The van der Waals surface area contributed by atoms with Gasteiger partial charge >= 0.3 is 0 Å². The molecule has 1 aliphatic carbocycles. The molecule has 96 valence electrons. The molecule has 1 saturated carbocycles. The highest BCUT2D eigenvalue weighted by molar-refractivity contribution is 8.00. The van der Waals surface area contributed by atoms with Crippen molar-refractivity contribution in [2.45, 2.75) is 76.3 Å². The molecule has 16 heavy (non-hydrogen) atoms. The second-order valence-corrected chi connectivity index (χ2v) is 6.83. The number of hydrogen-bond acceptors (Lipinski definition) is 2. The zero-order valence-electron chi connectivity index (χ0n) is 11.5. The van der Waals surface area contributed by atoms with Gasteiger partial charge in [-0.25, -0.2) is 0 Å². The average Bonchev–Trinajstić information content (AvgIpc) is 2.31. The van der Waals surface area contributed by atoms with Crippen LogP contribution in [0, 0.1) is 5.92 Å². The van der Waals surface area contributed by atoms with Gasteiger partial charge in [0.15, 0.2) is 0 Å². The van der Waals surface area contributed by atoms with Crippen molar-refractivity contribution in [3.63, 3.8) is 0 Å². The molecule has 1 nitrogen and oxygen atoms in total. The number of nitrogens with one attached hydrogen (secondary N) is 1. The van der Waals surface area contributed by atoms with Gasteiger partial charge in [0, 0.05) is 16.5 Å². The predicted molar refractivity (Wildman–Crippen MR) is 76.2 cm³/mol. The van der Waals surface area contributed by atoms with Gasteiger partial charge in [-0.3, -0.25) is 0 Å². The van der Waals surface area contributed by atoms with Gasteiger partial charge < -0.3 is 5.32 Å². The van der Waals surface area contributed by atoms with E-state index in [2.05, 4.69) is 44.8 Å². The van der Waals surface area contributed by atoms with Crippen LogP contribution in [-0.2, 0) is 0 Å². The molecule has 0 aromatic rings. The van der Waals surface area contributed by atoms with E-state index in [1.807, 2.05) is 0 Å². The van der Waals surface area contributed by atoms with Gasteiger partial charge in [0.05, 0.1) is 0 Å². The lowest BCUT2D eigenvalue weighted by molar-refractivity contribution is 0.297. The summed E-state index contributed by atoms with van der Waals surface area (Å²) in [6.45, 7) is 10.4. The van der Waals surface area contributed by atoms with E-state index in [9.17, 15) is 0 Å². The molecule has 0 radical (unpaired) electrons. The SMILES string of the molecule is CCNC1CCC(CC)CC1SC(C)CC. The van der Waals surface area contributed by atoms with Crippen LogP contribution in [0.3, 0.4) is 0 Å². The highest BCUT2D eigenvalue weighted by atomic mass is 32.2. The van der Waals surface area contributed by atoms with Crippen LogP contribution >= 0.6 is 11.8 Å². The van der Waals surface area contributed by atoms with Gasteiger partial charge in [-0.05, 0) is 38.1 Å². The summed E-state index contributed by atoms with van der Waals surface area (Å²) in [6, 6.07) is 0.770. The molecule has 0 spiro atoms. The third-order valence-electron chi connectivity index (χ3n) is 3.93. The molecule has 0 aromatic heterocycles. The summed E-state index contributed by atoms with van der Waals surface area (Å²) in [5.74, 6) is 0.983. The fraction of sp³-hybridized carbons (Fsp3) is 1.00. The summed E-state index contributed by atoms with van der Waals surface area (Å²) in [7, 11) is 0. The molecular formula is C14H29NS. The average molecular weight is 243 g/mol. The monoisotopic (exact) mass is 243 g/mol. The number of thioether (sulfide) groups is 1. The van der Waals surface area contributed by atoms with Crippen molar-refractivity contribution in [1.29, 1.82) is 0 Å². The predicted octanol–water partition coefficient (Wildman–Crippen LogP) is 4.07. The minimum Gasteiger partial charge on any atom is -0.313 e. The molecule has 0 heterocycles. The Morgan fingerprint density at radius 3 is 2.56 bits per heavy atom. The van der Waals surface area contributed by atoms with Crippen LogP contribution in [0.2, 0.25) is 0 Å². The van der Waals surface area contributed by atoms with E-state index in [-0.39, 0.29) is 0 Å². The largest absolute Gasteiger partial charge is 0.313 e. The first-order chi connectivity index (χ1) is 7.71. The van der Waals surface area contributed by atoms with Crippen molar-refractivity contribution in [3.05, 3.63) is 0 Å². The van der Waals surface area contributed by atoms with Crippen LogP contribution < -0.4 is 5.32 Å². The molecular weight excluding hydrogens is 214 g/mol. The van der Waals surface area contributed by atoms with Gasteiger partial charge in [0.1, 0.15) is 0 Å². The van der Waals surface area contributed by atoms with Crippen molar-refractivity contribution < 1.29 is 0 Å². The van der Waals surface area contributed by atoms with E-state index >= 15 is 0 Å². The maximum atomic E-state index is 3.69. The highest BCUT2D eigenvalue weighted by Gasteiger charge is 2.30. The van der Waals surface area contributed by atoms with E-state index < -0.39 is 0 Å². The summed E-state index contributed by atoms with van der Waals surface area (Å²) >= 11 is 2.23. The molecule has 1 fully saturated rings. The lowest BCUT2D eigenvalue weighted by Crippen LogP contribution is -2.43. The molecule has 4 unspecified atom stereocenters. The van der Waals surface area contributed by atoms with Crippen LogP contribution in [0.15, 0.2) is 0 Å². The van der Waals surface area contributed by atoms with Crippen molar-refractivity contribution >= 4 is 11.8 Å². The maximum absolute atomic E-state index is 3.69. The lowest BCUT2D eigenvalue weighted by atomic mass is 9.84. The van der Waals surface area contributed by atoms with Crippen LogP contribution in [-0.4, -0.2) is 23.1 Å². The smallest absolute Gasteiger partial charge is 0.0206 e. The third-order valence-corrected chi connectivity index (χ3v) is 5.59. The van der Waals surface area contributed by atoms with Gasteiger partial charge in [-0.15, -0.1) is 0 Å². The molecule has 1 aliphatic rings. The van der Waals surface area contributed by atoms with E-state index in [4.69, 9.17) is 0 Å². The molecule has 0 aromatic carbocycles. The normalized spacial score (nSPS) is 32.6. The zero-order chi connectivity index (χ0) is 12.0. The molecule has 0 amide bonds. The Morgan fingerprint density at radius 1 is 1.25 bits per heavy atom. The Kier molecular flexibility index (Phi) is 6.83. The van der Waals surface area contributed by atoms with Gasteiger partial charge in [0.2, 0.25) is 0 Å². The fourth-order valence-corrected chi connectivity index (χ4v) is 4.22. The maximum Gasteiger partial charge on any atom is 0.0206 e. The fourth-order valence-electron chi connectivity index (χ4n) is 2.62. The van der Waals surface area contributed by atoms with E-state index in [1.54, 1.807) is 0 Å². The quantitative estimate of drug-likeness (QED) is 0.754. The lowest BCUT2D eigenvalue weighted by Gasteiger charge is -2.37. The van der Waals surface area contributed by atoms with Crippen molar-refractivity contribution in [3.8, 4) is 0 Å². The van der Waals surface area contributed by atoms with Crippen molar-refractivity contribution in [1.82, 2.24) is 5.32 Å². The number of rotatable bonds is 6. The van der Waals surface area contributed by atoms with Crippen LogP contribution in [0.4, 0.5) is 0 Å². The Bertz CT molecular complexity index is 182. The van der Waals surface area contributed by atoms with E-state index in [1.165, 1.54) is 32.1 Å². The van der Waals surface area contributed by atoms with Crippen LogP contribution in [0.1, 0.15) is 59.8 Å². The third kappa shape index (κ3) is 4.29. The Labute approximate surface area is 106 Å². The van der Waals surface area contributed by atoms with E-state index in [0.29, 0.717) is 0 Å². The van der Waals surface area contributed by atoms with Crippen LogP contribution in [0.5, 0.6) is 0 Å². The summed E-state index contributed by atoms with van der Waals surface area (Å²) in [5.41, 5.74) is 0. The van der Waals surface area contributed by atoms with Crippen LogP contribution in [0.25, 0.3) is 0 Å². The number of hydrogen-bond donors (Lipinski definition) is 1. The Hall–Kier alpha value is 0.310. The van der Waals surface area contributed by atoms with Gasteiger partial charge in [-0.2, -0.15) is 11.8 Å². The molecule has 2 heteroatoms. The first kappa shape index (κ1) is 14.4. The van der Waals surface area contributed by atoms with Crippen molar-refractivity contribution in [2.75, 3.05) is 6.54 Å². The zero-order valence-corrected chi connectivity index (χ0v) is 12.3. The van der Waals surface area contributed by atoms with Gasteiger partial charge in [-0.1, -0.05) is 34.1 Å². The minimum atomic E-state index is 0.770. The summed E-state index contributed by atoms with van der Waals surface area (Å²) in [6.07, 6.45) is 6.93. The molecule has 4 atom stereocenters. The summed E-state index contributed by atoms with van der Waals surface area (Å²) in [4.78, 5) is 0. The van der Waals surface area contributed by atoms with Crippen molar-refractivity contribution in [2.24, 2.45) is 5.92 Å². The molecule has 0 saturated heterocycles. The summed E-state index contributed by atoms with van der Waals surface area (Å²) in [5, 5.41) is 5.36. The molecule has 0 aliphatic heterocycles. The minimum absolute atomic E-state index is 0.770. The highest BCUT2D eigenvalue weighted by Crippen LogP contribution is 2.36. The Balaban J connectivity index is 2.49. The first-order valence-corrected chi connectivity index (χ1v) is 8.04. The molecule has 1 N–H and O–H groups in total.